The molecule has 4 aliphatic heterocycles. The van der Waals surface area contributed by atoms with Crippen LogP contribution in [0.15, 0.2) is 106 Å². The number of methoxy groups -OCH3 is 3. The van der Waals surface area contributed by atoms with E-state index < -0.39 is 198 Å². The molecule has 4 unspecified atom stereocenters. The van der Waals surface area contributed by atoms with Gasteiger partial charge in [0.1, 0.15) is 78.1 Å². The van der Waals surface area contributed by atoms with Gasteiger partial charge >= 0.3 is 35.8 Å². The number of nitrogens with two attached hydrogens (primary N) is 1. The van der Waals surface area contributed by atoms with Crippen LogP contribution in [0.4, 0.5) is 0 Å². The van der Waals surface area contributed by atoms with E-state index in [1.54, 1.807) is 54.6 Å². The number of Topliss-reactive ketones (excluding diaryl/α,β-unsaturated/α-hetero) is 4. The van der Waals surface area contributed by atoms with E-state index in [1.807, 2.05) is 57.2 Å². The Hall–Kier alpha value is -6.51. The number of benzene rings is 3. The first-order chi connectivity index (χ1) is 53.1. The average Bonchev–Trinajstić information content (AvgIpc) is 0.789. The third-order valence-electron chi connectivity index (χ3n) is 19.2. The number of hydrogen-bond acceptors (Lipinski definition) is 36. The van der Waals surface area contributed by atoms with Crippen LogP contribution in [0, 0.1) is 23.7 Å². The van der Waals surface area contributed by atoms with Crippen LogP contribution < -0.4 is 5.73 Å². The lowest BCUT2D eigenvalue weighted by molar-refractivity contribution is -0.304. The van der Waals surface area contributed by atoms with Crippen molar-refractivity contribution in [2.45, 2.75) is 252 Å². The van der Waals surface area contributed by atoms with Crippen molar-refractivity contribution in [1.29, 1.82) is 0 Å². The highest BCUT2D eigenvalue weighted by molar-refractivity contribution is 8.01. The zero-order valence-electron chi connectivity index (χ0n) is 64.4. The molecule has 0 aliphatic carbocycles. The van der Waals surface area contributed by atoms with Gasteiger partial charge in [0.25, 0.3) is 5.79 Å². The minimum absolute atomic E-state index is 0.00590. The summed E-state index contributed by atoms with van der Waals surface area (Å²) >= 11 is 3.28. The van der Waals surface area contributed by atoms with Crippen LogP contribution in [-0.2, 0) is 90.6 Å². The van der Waals surface area contributed by atoms with Crippen molar-refractivity contribution in [3.8, 4) is 0 Å². The van der Waals surface area contributed by atoms with E-state index in [9.17, 15) is 104 Å². The van der Waals surface area contributed by atoms with Crippen molar-refractivity contribution in [3.05, 3.63) is 91.0 Å². The van der Waals surface area contributed by atoms with Gasteiger partial charge in [-0.1, -0.05) is 111 Å². The van der Waals surface area contributed by atoms with Crippen molar-refractivity contribution in [2.75, 3.05) is 41.2 Å². The first-order valence-electron chi connectivity index (χ1n) is 36.3. The van der Waals surface area contributed by atoms with Crippen molar-refractivity contribution in [3.63, 3.8) is 0 Å². The zero-order chi connectivity index (χ0) is 85.0. The van der Waals surface area contributed by atoms with Crippen molar-refractivity contribution in [1.82, 2.24) is 0 Å². The lowest BCUT2D eigenvalue weighted by Gasteiger charge is -2.47. The number of thioether (sulfide) groups is 3. The van der Waals surface area contributed by atoms with Crippen LogP contribution in [0.25, 0.3) is 0 Å². The molecular formula is C76H109NO33S3. The standard InChI is InChI=1S/C23H32O7S.C22H30O9S.C16H23NO7S.C15H24O10/c1-7-19(28-16(4)24)21(29-17(5)25)20-15(3)14(2)13-23(30-20,22(26)27-6)31-18-11-9-8-10-12-18;1-13(24)8-9-14(25)10-16-17(26)11-22(21(29)30-2,32-15-6-4-3-5-7-15)31-20(16)19(28)18(27)12-23;1-23-15(22)16(25-9-5-3-2-4-6-9)7-10(19)12(17)14(24-16)13(21)11(20)8-18;1-7(17)2-3-8(18)4-9-10(19)5-15(24,14(22)23)25-13(9)12(21)11(20)6-16/h8-12,14-15,19-21H,7,13H2,1-6H3;3-7,16-20,23,26-28H,8-12H2,1-2H3;2-6,10-14,18-21H,7-8,17H2,1H3;9-13,16,19-21,24H,2-6H2,1H3,(H,22,23)/t14-,15-,19-,20?,21-,23+;16-,17-,18-,19-,20?,22+;10-,11-,12-,13-,14?,16+;9-,10-,11-,12-,13?,15-/m1111/s1. The number of aliphatic hydroxyl groups excluding tert-OH is 12. The highest BCUT2D eigenvalue weighted by Crippen LogP contribution is 2.51. The van der Waals surface area contributed by atoms with Crippen LogP contribution >= 0.6 is 35.3 Å². The number of esters is 5. The largest absolute Gasteiger partial charge is 0.477 e. The van der Waals surface area contributed by atoms with Crippen LogP contribution in [0.3, 0.4) is 0 Å². The van der Waals surface area contributed by atoms with Gasteiger partial charge in [0, 0.05) is 105 Å². The summed E-state index contributed by atoms with van der Waals surface area (Å²) in [5.41, 5.74) is 5.88. The second-order valence-corrected chi connectivity index (χ2v) is 31.9. The van der Waals surface area contributed by atoms with E-state index in [2.05, 4.69) is 0 Å². The molecule has 0 spiro atoms. The average molecular weight is 1660 g/mol. The second kappa shape index (κ2) is 46.4. The molecule has 16 N–H and O–H groups in total. The smallest absolute Gasteiger partial charge is 0.364 e. The Balaban J connectivity index is 0.000000320. The molecule has 0 aromatic heterocycles. The molecule has 34 nitrogen and oxygen atoms in total. The number of aliphatic carboxylic acids is 1. The Morgan fingerprint density at radius 3 is 1.17 bits per heavy atom. The summed E-state index contributed by atoms with van der Waals surface area (Å²) in [5.74, 6) is -10.9. The van der Waals surface area contributed by atoms with Crippen molar-refractivity contribution >= 4 is 94.2 Å². The molecule has 0 bridgehead atoms. The van der Waals surface area contributed by atoms with E-state index in [4.69, 9.17) is 63.7 Å². The molecule has 0 saturated carbocycles. The normalized spacial score (nSPS) is 29.5. The number of carboxylic acids is 1. The number of carbonyl (C=O) groups is 10. The Kier molecular flexibility index (Phi) is 40.6. The predicted octanol–water partition coefficient (Wildman–Crippen LogP) is 0.846. The summed E-state index contributed by atoms with van der Waals surface area (Å²) in [4.78, 5) is 117. The molecule has 0 radical (unpaired) electrons. The van der Waals surface area contributed by atoms with Gasteiger partial charge in [-0.15, -0.1) is 0 Å². The Bertz CT molecular complexity index is 3540. The molecular weight excluding hydrogens is 1550 g/mol. The number of hydrogen-bond donors (Lipinski definition) is 15. The second-order valence-electron chi connectivity index (χ2n) is 27.9. The van der Waals surface area contributed by atoms with Gasteiger partial charge in [0.15, 0.2) is 6.10 Å². The quantitative estimate of drug-likeness (QED) is 0.0291. The maximum absolute atomic E-state index is 13.0. The van der Waals surface area contributed by atoms with Gasteiger partial charge in [0.2, 0.25) is 14.8 Å². The third-order valence-corrected chi connectivity index (χ3v) is 23.0. The fourth-order valence-electron chi connectivity index (χ4n) is 13.0. The molecule has 7 rings (SSSR count). The monoisotopic (exact) mass is 1660 g/mol. The number of carboxylic acid groups (broad SMARTS) is 1. The topological polar surface area (TPSA) is 563 Å². The van der Waals surface area contributed by atoms with Crippen LogP contribution in [0.2, 0.25) is 0 Å². The summed E-state index contributed by atoms with van der Waals surface area (Å²) in [6, 6.07) is 26.1. The molecule has 634 valence electrons. The molecule has 3 aromatic rings. The first kappa shape index (κ1) is 98.9. The molecule has 4 heterocycles. The summed E-state index contributed by atoms with van der Waals surface area (Å²) in [6.45, 7) is 8.75. The first-order valence-corrected chi connectivity index (χ1v) is 38.8. The van der Waals surface area contributed by atoms with Crippen LogP contribution in [0.1, 0.15) is 119 Å². The van der Waals surface area contributed by atoms with Gasteiger partial charge in [-0.2, -0.15) is 0 Å². The highest BCUT2D eigenvalue weighted by atomic mass is 32.2. The Morgan fingerprint density at radius 1 is 0.487 bits per heavy atom. The summed E-state index contributed by atoms with van der Waals surface area (Å²) in [5, 5.41) is 138. The Morgan fingerprint density at radius 2 is 0.823 bits per heavy atom. The van der Waals surface area contributed by atoms with Gasteiger partial charge in [0.05, 0.1) is 77.7 Å². The van der Waals surface area contributed by atoms with E-state index in [1.165, 1.54) is 53.7 Å². The Labute approximate surface area is 666 Å². The summed E-state index contributed by atoms with van der Waals surface area (Å²) in [7, 11) is 3.68. The fourth-order valence-corrected chi connectivity index (χ4v) is 16.8. The van der Waals surface area contributed by atoms with E-state index in [-0.39, 0.29) is 80.6 Å². The number of rotatable bonds is 34. The molecule has 4 fully saturated rings. The molecule has 24 atom stereocenters. The zero-order valence-corrected chi connectivity index (χ0v) is 66.9. The molecule has 37 heteroatoms. The lowest BCUT2D eigenvalue weighted by Crippen LogP contribution is -2.64. The summed E-state index contributed by atoms with van der Waals surface area (Å²) in [6.07, 6.45) is -21.5. The maximum atomic E-state index is 13.0. The van der Waals surface area contributed by atoms with Crippen molar-refractivity contribution in [2.24, 2.45) is 29.4 Å². The van der Waals surface area contributed by atoms with Gasteiger partial charge in [-0.3, -0.25) is 19.2 Å². The number of carbonyl (C=O) groups excluding carboxylic acids is 9. The number of ketones is 4. The molecule has 113 heavy (non-hydrogen) atoms. The number of ether oxygens (including phenoxy) is 9. The van der Waals surface area contributed by atoms with E-state index in [0.717, 1.165) is 35.5 Å². The van der Waals surface area contributed by atoms with Gasteiger partial charge < -0.3 is 129 Å². The highest BCUT2D eigenvalue weighted by Gasteiger charge is 2.59. The van der Waals surface area contributed by atoms with Crippen LogP contribution in [0.5, 0.6) is 0 Å². The third kappa shape index (κ3) is 28.1. The minimum Gasteiger partial charge on any atom is -0.477 e. The minimum atomic E-state index is -2.81. The molecule has 3 aromatic carbocycles. The SMILES string of the molecule is CC(=O)CCC(=O)C[C@H]1C([C@H](O)[C@H](O)CO)O[C@@](O)(C(=O)O)C[C@H]1O.CC[C@@H](OC(C)=O)[C@@H](OC(C)=O)C1O[C@@](Sc2ccccc2)(C(=O)OC)C[C@@H](C)[C@H]1C.COC(=O)[C@@]1(Sc2ccccc2)C[C@@H](O)[C@@H](CC(=O)CCC(C)=O)C([C@H](O)[C@H](O)CO)O1.COC(=O)[C@@]1(Sc2ccccc2)C[C@@H](O)[C@@H](N)C([C@H](O)[C@H](O)CO)O1. The maximum Gasteiger partial charge on any atom is 0.364 e. The molecule has 4 aliphatic rings. The number of aliphatic hydroxyl groups is 13. The fraction of sp³-hybridized carbons (Fsp3) is 0.632. The lowest BCUT2D eigenvalue weighted by atomic mass is 9.80. The van der Waals surface area contributed by atoms with Gasteiger partial charge in [-0.05, 0) is 68.5 Å². The van der Waals surface area contributed by atoms with E-state index >= 15 is 0 Å². The van der Waals surface area contributed by atoms with Crippen LogP contribution in [-0.4, -0.2) is 290 Å². The van der Waals surface area contributed by atoms with Gasteiger partial charge in [-0.25, -0.2) is 19.2 Å². The molecule has 0 amide bonds. The predicted molar refractivity (Wildman–Crippen MR) is 401 cm³/mol. The summed E-state index contributed by atoms with van der Waals surface area (Å²) < 4.78 is 49.2. The van der Waals surface area contributed by atoms with Crippen molar-refractivity contribution < 1.29 is 162 Å². The molecule has 4 saturated heterocycles. The van der Waals surface area contributed by atoms with E-state index in [0.29, 0.717) is 22.6 Å².